The number of methoxy groups -OCH3 is 2. The molecule has 0 aliphatic rings. The summed E-state index contributed by atoms with van der Waals surface area (Å²) in [6.45, 7) is 2.02. The summed E-state index contributed by atoms with van der Waals surface area (Å²) < 4.78 is 10.6. The molecule has 3 aromatic rings. The molecule has 3 aromatic carbocycles. The Bertz CT molecular complexity index is 894. The third-order valence-electron chi connectivity index (χ3n) is 4.96. The maximum atomic E-state index is 9.99. The van der Waals surface area contributed by atoms with Crippen LogP contribution in [0.25, 0.3) is 0 Å². The molecule has 0 saturated heterocycles. The summed E-state index contributed by atoms with van der Waals surface area (Å²) in [6, 6.07) is 17.3. The highest BCUT2D eigenvalue weighted by atomic mass is 16.5. The zero-order valence-electron chi connectivity index (χ0n) is 15.4. The Kier molecular flexibility index (Phi) is 4.86. The van der Waals surface area contributed by atoms with Crippen molar-refractivity contribution in [2.24, 2.45) is 0 Å². The normalized spacial score (nSPS) is 11.2. The summed E-state index contributed by atoms with van der Waals surface area (Å²) in [6.07, 6.45) is 0. The molecule has 0 spiro atoms. The van der Waals surface area contributed by atoms with E-state index < -0.39 is 5.41 Å². The van der Waals surface area contributed by atoms with Crippen molar-refractivity contribution in [1.29, 1.82) is 0 Å². The first-order chi connectivity index (χ1) is 12.9. The summed E-state index contributed by atoms with van der Waals surface area (Å²) >= 11 is 0. The van der Waals surface area contributed by atoms with E-state index in [2.05, 4.69) is 0 Å². The number of benzene rings is 3. The first-order valence-electron chi connectivity index (χ1n) is 8.44. The van der Waals surface area contributed by atoms with Crippen molar-refractivity contribution in [3.8, 4) is 28.7 Å². The van der Waals surface area contributed by atoms with Crippen molar-refractivity contribution in [3.63, 3.8) is 0 Å². The maximum absolute atomic E-state index is 9.99. The van der Waals surface area contributed by atoms with Gasteiger partial charge in [-0.1, -0.05) is 24.3 Å². The highest BCUT2D eigenvalue weighted by Crippen LogP contribution is 2.44. The first-order valence-corrected chi connectivity index (χ1v) is 8.44. The summed E-state index contributed by atoms with van der Waals surface area (Å²) in [5, 5.41) is 29.7. The zero-order valence-corrected chi connectivity index (χ0v) is 15.4. The van der Waals surface area contributed by atoms with Gasteiger partial charge in [-0.25, -0.2) is 0 Å². The molecule has 0 unspecified atom stereocenters. The van der Waals surface area contributed by atoms with Crippen LogP contribution in [-0.2, 0) is 5.41 Å². The molecule has 5 heteroatoms. The molecule has 5 nitrogen and oxygen atoms in total. The van der Waals surface area contributed by atoms with Crippen LogP contribution in [0.4, 0.5) is 0 Å². The number of phenolic OH excluding ortho intramolecular Hbond substituents is 3. The quantitative estimate of drug-likeness (QED) is 0.591. The Labute approximate surface area is 158 Å². The number of ether oxygens (including phenoxy) is 2. The van der Waals surface area contributed by atoms with E-state index in [1.165, 1.54) is 14.2 Å². The molecule has 0 saturated carbocycles. The second-order valence-electron chi connectivity index (χ2n) is 6.45. The van der Waals surface area contributed by atoms with Crippen molar-refractivity contribution in [1.82, 2.24) is 0 Å². The lowest BCUT2D eigenvalue weighted by molar-refractivity contribution is 0.371. The maximum Gasteiger partial charge on any atom is 0.160 e. The van der Waals surface area contributed by atoms with Gasteiger partial charge in [0.15, 0.2) is 23.0 Å². The molecule has 0 radical (unpaired) electrons. The van der Waals surface area contributed by atoms with Crippen LogP contribution in [0.5, 0.6) is 28.7 Å². The van der Waals surface area contributed by atoms with Gasteiger partial charge in [0.1, 0.15) is 5.75 Å². The van der Waals surface area contributed by atoms with Crippen LogP contribution in [0.3, 0.4) is 0 Å². The lowest BCUT2D eigenvalue weighted by Crippen LogP contribution is -2.25. The highest BCUT2D eigenvalue weighted by molar-refractivity contribution is 5.56. The van der Waals surface area contributed by atoms with E-state index in [-0.39, 0.29) is 17.2 Å². The Morgan fingerprint density at radius 3 is 1.44 bits per heavy atom. The van der Waals surface area contributed by atoms with Crippen LogP contribution in [0, 0.1) is 0 Å². The first kappa shape index (κ1) is 18.5. The van der Waals surface area contributed by atoms with Crippen LogP contribution in [0.15, 0.2) is 60.7 Å². The van der Waals surface area contributed by atoms with E-state index >= 15 is 0 Å². The molecule has 0 amide bonds. The van der Waals surface area contributed by atoms with Crippen LogP contribution < -0.4 is 9.47 Å². The van der Waals surface area contributed by atoms with Gasteiger partial charge in [0, 0.05) is 5.41 Å². The number of hydrogen-bond donors (Lipinski definition) is 3. The van der Waals surface area contributed by atoms with Gasteiger partial charge < -0.3 is 24.8 Å². The monoisotopic (exact) mass is 366 g/mol. The largest absolute Gasteiger partial charge is 0.508 e. The minimum atomic E-state index is -0.657. The summed E-state index contributed by atoms with van der Waals surface area (Å²) in [7, 11) is 3.00. The standard InChI is InChI=1S/C22H22O5/c1-22(14-4-8-17(23)9-5-14,15-6-10-18(24)20(12-15)26-2)16-7-11-19(25)21(13-16)27-3/h4-13,23-25H,1-3H3. The summed E-state index contributed by atoms with van der Waals surface area (Å²) in [5.74, 6) is 1.01. The molecule has 0 fully saturated rings. The molecule has 140 valence electrons. The van der Waals surface area contributed by atoms with Crippen LogP contribution in [0.2, 0.25) is 0 Å². The van der Waals surface area contributed by atoms with E-state index in [0.717, 1.165) is 16.7 Å². The van der Waals surface area contributed by atoms with E-state index in [1.54, 1.807) is 36.4 Å². The van der Waals surface area contributed by atoms with Gasteiger partial charge in [-0.05, 0) is 60.0 Å². The Morgan fingerprint density at radius 1 is 0.630 bits per heavy atom. The highest BCUT2D eigenvalue weighted by Gasteiger charge is 2.33. The molecule has 0 aliphatic carbocycles. The number of aromatic hydroxyl groups is 3. The number of phenols is 3. The lowest BCUT2D eigenvalue weighted by Gasteiger charge is -2.32. The van der Waals surface area contributed by atoms with E-state index in [1.807, 2.05) is 31.2 Å². The predicted molar refractivity (Wildman–Crippen MR) is 103 cm³/mol. The van der Waals surface area contributed by atoms with Gasteiger partial charge in [-0.2, -0.15) is 0 Å². The van der Waals surface area contributed by atoms with Crippen LogP contribution in [0.1, 0.15) is 23.6 Å². The average molecular weight is 366 g/mol. The molecule has 3 N–H and O–H groups in total. The minimum absolute atomic E-state index is 0.0533. The Balaban J connectivity index is 2.28. The third kappa shape index (κ3) is 3.24. The van der Waals surface area contributed by atoms with E-state index in [0.29, 0.717) is 11.5 Å². The predicted octanol–water partition coefficient (Wildman–Crippen LogP) is 4.17. The van der Waals surface area contributed by atoms with Crippen molar-refractivity contribution >= 4 is 0 Å². The molecule has 0 aromatic heterocycles. The molecule has 3 rings (SSSR count). The van der Waals surface area contributed by atoms with Gasteiger partial charge in [0.2, 0.25) is 0 Å². The van der Waals surface area contributed by atoms with Gasteiger partial charge in [-0.15, -0.1) is 0 Å². The van der Waals surface area contributed by atoms with Crippen LogP contribution in [-0.4, -0.2) is 29.5 Å². The fourth-order valence-electron chi connectivity index (χ4n) is 3.27. The Morgan fingerprint density at radius 2 is 1.04 bits per heavy atom. The molecule has 0 aliphatic heterocycles. The molecule has 0 heterocycles. The molecular formula is C22H22O5. The average Bonchev–Trinajstić information content (AvgIpc) is 2.68. The molecule has 0 atom stereocenters. The van der Waals surface area contributed by atoms with E-state index in [4.69, 9.17) is 9.47 Å². The van der Waals surface area contributed by atoms with Gasteiger partial charge in [-0.3, -0.25) is 0 Å². The molecule has 0 bridgehead atoms. The molecule has 27 heavy (non-hydrogen) atoms. The second-order valence-corrected chi connectivity index (χ2v) is 6.45. The lowest BCUT2D eigenvalue weighted by atomic mass is 9.71. The van der Waals surface area contributed by atoms with Gasteiger partial charge in [0.25, 0.3) is 0 Å². The van der Waals surface area contributed by atoms with Gasteiger partial charge >= 0.3 is 0 Å². The fourth-order valence-corrected chi connectivity index (χ4v) is 3.27. The minimum Gasteiger partial charge on any atom is -0.508 e. The van der Waals surface area contributed by atoms with Gasteiger partial charge in [0.05, 0.1) is 14.2 Å². The second kappa shape index (κ2) is 7.11. The van der Waals surface area contributed by atoms with Crippen molar-refractivity contribution < 1.29 is 24.8 Å². The van der Waals surface area contributed by atoms with Crippen LogP contribution >= 0.6 is 0 Å². The van der Waals surface area contributed by atoms with E-state index in [9.17, 15) is 15.3 Å². The van der Waals surface area contributed by atoms with Crippen molar-refractivity contribution in [3.05, 3.63) is 77.4 Å². The SMILES string of the molecule is COc1cc(C(C)(c2ccc(O)cc2)c2ccc(O)c(OC)c2)ccc1O. The summed E-state index contributed by atoms with van der Waals surface area (Å²) in [4.78, 5) is 0. The Hall–Kier alpha value is -3.34. The zero-order chi connectivity index (χ0) is 19.6. The molecular weight excluding hydrogens is 344 g/mol. The number of hydrogen-bond acceptors (Lipinski definition) is 5. The smallest absolute Gasteiger partial charge is 0.160 e. The number of rotatable bonds is 5. The third-order valence-corrected chi connectivity index (χ3v) is 4.96. The fraction of sp³-hybridized carbons (Fsp3) is 0.182. The topological polar surface area (TPSA) is 79.2 Å². The summed E-state index contributed by atoms with van der Waals surface area (Å²) in [5.41, 5.74) is 2.00. The van der Waals surface area contributed by atoms with Crippen molar-refractivity contribution in [2.45, 2.75) is 12.3 Å². The van der Waals surface area contributed by atoms with Crippen molar-refractivity contribution in [2.75, 3.05) is 14.2 Å².